The van der Waals surface area contributed by atoms with Gasteiger partial charge in [-0.25, -0.2) is 9.59 Å². The average molecular weight is 455 g/mol. The SMILES string of the molecule is CC(C)(CNC(=O)OCC1c2ccccc2-c2ccccc21)C(=O)N1CSCC1C(=O)O. The second-order valence-electron chi connectivity index (χ2n) is 8.69. The third kappa shape index (κ3) is 4.19. The first-order valence-corrected chi connectivity index (χ1v) is 11.7. The maximum absolute atomic E-state index is 12.9. The molecule has 1 atom stereocenters. The van der Waals surface area contributed by atoms with Crippen LogP contribution in [-0.2, 0) is 14.3 Å². The summed E-state index contributed by atoms with van der Waals surface area (Å²) >= 11 is 1.41. The minimum Gasteiger partial charge on any atom is -0.480 e. The monoisotopic (exact) mass is 454 g/mol. The van der Waals surface area contributed by atoms with Gasteiger partial charge in [0.15, 0.2) is 0 Å². The number of nitrogens with zero attached hydrogens (tertiary/aromatic N) is 1. The standard InChI is InChI=1S/C24H26N2O5S/c1-24(2,22(29)26-14-32-12-20(26)21(27)28)13-25-23(30)31-11-19-17-9-5-3-7-15(17)16-8-4-6-10-18(16)19/h3-10,19-20H,11-14H2,1-2H3,(H,25,30)(H,27,28). The van der Waals surface area contributed by atoms with Gasteiger partial charge in [-0.15, -0.1) is 11.8 Å². The van der Waals surface area contributed by atoms with Crippen LogP contribution in [0.4, 0.5) is 4.79 Å². The van der Waals surface area contributed by atoms with E-state index in [-0.39, 0.29) is 25.0 Å². The summed E-state index contributed by atoms with van der Waals surface area (Å²) in [5, 5.41) is 12.0. The van der Waals surface area contributed by atoms with Gasteiger partial charge in [0.25, 0.3) is 0 Å². The summed E-state index contributed by atoms with van der Waals surface area (Å²) < 4.78 is 5.53. The molecule has 0 spiro atoms. The maximum atomic E-state index is 12.9. The number of carboxylic acids is 1. The molecule has 1 heterocycles. The number of nitrogens with one attached hydrogen (secondary N) is 1. The van der Waals surface area contributed by atoms with Crippen LogP contribution in [0.2, 0.25) is 0 Å². The Morgan fingerprint density at radius 3 is 2.28 bits per heavy atom. The number of carbonyl (C=O) groups excluding carboxylic acids is 2. The Hall–Kier alpha value is -3.00. The Morgan fingerprint density at radius 1 is 1.09 bits per heavy atom. The van der Waals surface area contributed by atoms with Crippen molar-refractivity contribution in [3.63, 3.8) is 0 Å². The van der Waals surface area contributed by atoms with Crippen molar-refractivity contribution in [1.82, 2.24) is 10.2 Å². The molecule has 168 valence electrons. The molecule has 2 amide bonds. The van der Waals surface area contributed by atoms with Crippen LogP contribution in [0.25, 0.3) is 11.1 Å². The number of ether oxygens (including phenoxy) is 1. The van der Waals surface area contributed by atoms with E-state index in [0.717, 1.165) is 22.3 Å². The summed E-state index contributed by atoms with van der Waals surface area (Å²) in [6, 6.07) is 15.4. The Morgan fingerprint density at radius 2 is 1.69 bits per heavy atom. The molecule has 2 aromatic carbocycles. The van der Waals surface area contributed by atoms with E-state index < -0.39 is 23.5 Å². The normalized spacial score (nSPS) is 17.6. The van der Waals surface area contributed by atoms with Crippen LogP contribution in [0.5, 0.6) is 0 Å². The van der Waals surface area contributed by atoms with Gasteiger partial charge in [-0.1, -0.05) is 48.5 Å². The molecule has 7 nitrogen and oxygen atoms in total. The summed E-state index contributed by atoms with van der Waals surface area (Å²) in [6.07, 6.45) is -0.599. The van der Waals surface area contributed by atoms with Crippen LogP contribution in [0.15, 0.2) is 48.5 Å². The van der Waals surface area contributed by atoms with Crippen molar-refractivity contribution in [3.05, 3.63) is 59.7 Å². The van der Waals surface area contributed by atoms with Crippen LogP contribution in [0.1, 0.15) is 30.9 Å². The number of alkyl carbamates (subject to hydrolysis) is 1. The van der Waals surface area contributed by atoms with Gasteiger partial charge in [0.2, 0.25) is 5.91 Å². The molecule has 4 rings (SSSR count). The second kappa shape index (κ2) is 8.86. The first-order valence-electron chi connectivity index (χ1n) is 10.5. The molecular formula is C24H26N2O5S. The van der Waals surface area contributed by atoms with Gasteiger partial charge in [0, 0.05) is 18.2 Å². The van der Waals surface area contributed by atoms with Crippen LogP contribution in [0, 0.1) is 5.41 Å². The molecule has 2 N–H and O–H groups in total. The van der Waals surface area contributed by atoms with Crippen LogP contribution >= 0.6 is 11.8 Å². The number of carboxylic acid groups (broad SMARTS) is 1. The smallest absolute Gasteiger partial charge is 0.407 e. The molecule has 32 heavy (non-hydrogen) atoms. The first kappa shape index (κ1) is 22.2. The quantitative estimate of drug-likeness (QED) is 0.693. The molecule has 2 aromatic rings. The van der Waals surface area contributed by atoms with Gasteiger partial charge in [-0.3, -0.25) is 4.79 Å². The highest BCUT2D eigenvalue weighted by Crippen LogP contribution is 2.44. The minimum absolute atomic E-state index is 0.0410. The minimum atomic E-state index is -1.01. The zero-order chi connectivity index (χ0) is 22.9. The second-order valence-corrected chi connectivity index (χ2v) is 9.69. The summed E-state index contributed by atoms with van der Waals surface area (Å²) in [5.74, 6) is -0.639. The van der Waals surface area contributed by atoms with E-state index in [1.54, 1.807) is 13.8 Å². The van der Waals surface area contributed by atoms with E-state index in [4.69, 9.17) is 4.74 Å². The third-order valence-corrected chi connectivity index (χ3v) is 7.04. The molecule has 0 aromatic heterocycles. The van der Waals surface area contributed by atoms with Crippen molar-refractivity contribution in [2.24, 2.45) is 5.41 Å². The van der Waals surface area contributed by atoms with E-state index in [1.807, 2.05) is 24.3 Å². The van der Waals surface area contributed by atoms with Crippen molar-refractivity contribution >= 4 is 29.7 Å². The van der Waals surface area contributed by atoms with E-state index in [9.17, 15) is 19.5 Å². The van der Waals surface area contributed by atoms with Crippen molar-refractivity contribution < 1.29 is 24.2 Å². The fourth-order valence-electron chi connectivity index (χ4n) is 4.25. The lowest BCUT2D eigenvalue weighted by Crippen LogP contribution is -2.51. The highest BCUT2D eigenvalue weighted by atomic mass is 32.2. The Labute approximate surface area is 191 Å². The van der Waals surface area contributed by atoms with E-state index in [2.05, 4.69) is 29.6 Å². The molecule has 0 saturated carbocycles. The van der Waals surface area contributed by atoms with Crippen LogP contribution in [-0.4, -0.2) is 58.8 Å². The predicted molar refractivity (Wildman–Crippen MR) is 122 cm³/mol. The number of carbonyl (C=O) groups is 3. The van der Waals surface area contributed by atoms with Gasteiger partial charge < -0.3 is 20.1 Å². The molecule has 1 fully saturated rings. The number of amides is 2. The van der Waals surface area contributed by atoms with E-state index in [0.29, 0.717) is 11.6 Å². The lowest BCUT2D eigenvalue weighted by Gasteiger charge is -2.31. The Bertz CT molecular complexity index is 1010. The zero-order valence-electron chi connectivity index (χ0n) is 18.0. The van der Waals surface area contributed by atoms with Gasteiger partial charge in [0.1, 0.15) is 12.6 Å². The average Bonchev–Trinajstić information content (AvgIpc) is 3.39. The van der Waals surface area contributed by atoms with Gasteiger partial charge in [-0.2, -0.15) is 0 Å². The van der Waals surface area contributed by atoms with Crippen molar-refractivity contribution in [3.8, 4) is 11.1 Å². The number of aliphatic carboxylic acids is 1. The van der Waals surface area contributed by atoms with E-state index in [1.165, 1.54) is 16.7 Å². The fraction of sp³-hybridized carbons (Fsp3) is 0.375. The van der Waals surface area contributed by atoms with E-state index >= 15 is 0 Å². The highest BCUT2D eigenvalue weighted by Gasteiger charge is 2.41. The molecule has 2 aliphatic rings. The number of rotatable bonds is 6. The van der Waals surface area contributed by atoms with Crippen LogP contribution in [0.3, 0.4) is 0 Å². The fourth-order valence-corrected chi connectivity index (χ4v) is 5.40. The van der Waals surface area contributed by atoms with Crippen molar-refractivity contribution in [1.29, 1.82) is 0 Å². The molecule has 0 radical (unpaired) electrons. The predicted octanol–water partition coefficient (Wildman–Crippen LogP) is 3.54. The zero-order valence-corrected chi connectivity index (χ0v) is 18.9. The summed E-state index contributed by atoms with van der Waals surface area (Å²) in [7, 11) is 0. The lowest BCUT2D eigenvalue weighted by atomic mass is 9.91. The molecule has 1 aliphatic carbocycles. The molecule has 1 unspecified atom stereocenters. The topological polar surface area (TPSA) is 95.9 Å². The summed E-state index contributed by atoms with van der Waals surface area (Å²) in [4.78, 5) is 38.1. The number of thioether (sulfide) groups is 1. The van der Waals surface area contributed by atoms with Gasteiger partial charge >= 0.3 is 12.1 Å². The molecule has 1 saturated heterocycles. The van der Waals surface area contributed by atoms with Crippen molar-refractivity contribution in [2.45, 2.75) is 25.8 Å². The largest absolute Gasteiger partial charge is 0.480 e. The van der Waals surface area contributed by atoms with Gasteiger partial charge in [0.05, 0.1) is 11.3 Å². The highest BCUT2D eigenvalue weighted by molar-refractivity contribution is 7.99. The Kier molecular flexibility index (Phi) is 6.15. The summed E-state index contributed by atoms with van der Waals surface area (Å²) in [5.41, 5.74) is 3.61. The molecular weight excluding hydrogens is 428 g/mol. The van der Waals surface area contributed by atoms with Crippen LogP contribution < -0.4 is 5.32 Å². The number of benzene rings is 2. The number of fused-ring (bicyclic) bond motifs is 3. The lowest BCUT2D eigenvalue weighted by molar-refractivity contribution is -0.151. The Balaban J connectivity index is 1.36. The number of hydrogen-bond donors (Lipinski definition) is 2. The number of hydrogen-bond acceptors (Lipinski definition) is 5. The first-order chi connectivity index (χ1) is 15.3. The molecule has 1 aliphatic heterocycles. The van der Waals surface area contributed by atoms with Gasteiger partial charge in [-0.05, 0) is 36.1 Å². The maximum Gasteiger partial charge on any atom is 0.407 e. The third-order valence-electron chi connectivity index (χ3n) is 6.03. The summed E-state index contributed by atoms with van der Waals surface area (Å²) in [6.45, 7) is 3.63. The molecule has 0 bridgehead atoms. The van der Waals surface area contributed by atoms with Crippen molar-refractivity contribution in [2.75, 3.05) is 24.8 Å². The molecule has 8 heteroatoms.